The molecule has 1 aliphatic rings. The number of hydrogen-bond acceptors (Lipinski definition) is 12. The number of rotatable bonds is 24. The van der Waals surface area contributed by atoms with Gasteiger partial charge in [0.2, 0.25) is 18.4 Å². The summed E-state index contributed by atoms with van der Waals surface area (Å²) in [6.45, 7) is -0.0908. The number of carbonyl (C=O) groups is 1. The van der Waals surface area contributed by atoms with E-state index in [0.717, 1.165) is 33.4 Å². The molecule has 0 fully saturated rings. The zero-order chi connectivity index (χ0) is 48.6. The first-order valence-electron chi connectivity index (χ1n) is 22.3. The minimum Gasteiger partial charge on any atom is -0.495 e. The Morgan fingerprint density at radius 3 is 1.61 bits per heavy atom. The normalized spacial score (nSPS) is 12.7. The third-order valence-corrected chi connectivity index (χ3v) is 13.7. The smallest absolute Gasteiger partial charge is 0.495 e. The van der Waals surface area contributed by atoms with E-state index in [1.165, 1.54) is 7.11 Å². The Balaban J connectivity index is 1.06. The summed E-state index contributed by atoms with van der Waals surface area (Å²) in [5, 5.41) is 5.98. The van der Waals surface area contributed by atoms with E-state index in [4.69, 9.17) is 41.6 Å². The molecule has 16 heteroatoms. The summed E-state index contributed by atoms with van der Waals surface area (Å²) in [7, 11) is -5.39. The van der Waals surface area contributed by atoms with Gasteiger partial charge < -0.3 is 28.8 Å². The van der Waals surface area contributed by atoms with Gasteiger partial charge in [-0.25, -0.2) is 14.2 Å². The molecule has 0 aliphatic carbocycles. The fourth-order valence-corrected chi connectivity index (χ4v) is 9.78. The lowest BCUT2D eigenvalue weighted by Crippen LogP contribution is -2.41. The summed E-state index contributed by atoms with van der Waals surface area (Å²) in [5.41, 5.74) is 5.55. The second-order valence-corrected chi connectivity index (χ2v) is 19.2. The van der Waals surface area contributed by atoms with Gasteiger partial charge in [-0.05, 0) is 81.8 Å². The summed E-state index contributed by atoms with van der Waals surface area (Å²) in [5.74, 6) is 1.66. The number of carbonyl (C=O) groups excluding carboxylic acids is 1. The molecular weight excluding hydrogens is 931 g/mol. The van der Waals surface area contributed by atoms with E-state index in [-0.39, 0.29) is 45.4 Å². The predicted molar refractivity (Wildman–Crippen MR) is 268 cm³/mol. The first-order chi connectivity index (χ1) is 34.1. The highest BCUT2D eigenvalue weighted by Crippen LogP contribution is 2.51. The van der Waals surface area contributed by atoms with E-state index in [9.17, 15) is 13.9 Å². The van der Waals surface area contributed by atoms with Gasteiger partial charge in [-0.3, -0.25) is 22.9 Å². The van der Waals surface area contributed by atoms with Gasteiger partial charge in [-0.15, -0.1) is 0 Å². The predicted octanol–water partition coefficient (Wildman–Crippen LogP) is 12.2. The van der Waals surface area contributed by atoms with Crippen LogP contribution in [0.4, 0.5) is 5.69 Å². The Hall–Kier alpha value is -6.99. The third kappa shape index (κ3) is 14.1. The van der Waals surface area contributed by atoms with Crippen molar-refractivity contribution in [3.05, 3.63) is 215 Å². The number of ether oxygens (including phenoxy) is 4. The lowest BCUT2D eigenvalue weighted by molar-refractivity contribution is -0.117. The minimum atomic E-state index is -4.27. The third-order valence-electron chi connectivity index (χ3n) is 10.8. The molecule has 14 nitrogen and oxygen atoms in total. The van der Waals surface area contributed by atoms with Gasteiger partial charge in [0.1, 0.15) is 17.5 Å². The number of anilines is 1. The van der Waals surface area contributed by atoms with Crippen molar-refractivity contribution < 1.29 is 55.5 Å². The van der Waals surface area contributed by atoms with Crippen molar-refractivity contribution in [2.45, 2.75) is 38.9 Å². The maximum absolute atomic E-state index is 14.9. The van der Waals surface area contributed by atoms with Gasteiger partial charge in [0.25, 0.3) is 0 Å². The average Bonchev–Trinajstić information content (AvgIpc) is 3.89. The van der Waals surface area contributed by atoms with Crippen LogP contribution in [0, 0.1) is 0 Å². The monoisotopic (exact) mass is 982 g/mol. The van der Waals surface area contributed by atoms with Crippen molar-refractivity contribution in [1.82, 2.24) is 5.09 Å². The second-order valence-electron chi connectivity index (χ2n) is 15.8. The number of phosphoric acid groups is 1. The Morgan fingerprint density at radius 1 is 0.571 bits per heavy atom. The van der Waals surface area contributed by atoms with Gasteiger partial charge >= 0.3 is 15.6 Å². The van der Waals surface area contributed by atoms with E-state index in [1.54, 1.807) is 43.5 Å². The van der Waals surface area contributed by atoms with Crippen molar-refractivity contribution in [3.63, 3.8) is 0 Å². The zero-order valence-corrected chi connectivity index (χ0v) is 40.3. The maximum atomic E-state index is 14.9. The lowest BCUT2D eigenvalue weighted by atomic mass is 10.1. The van der Waals surface area contributed by atoms with Crippen molar-refractivity contribution >= 4 is 39.3 Å². The summed E-state index contributed by atoms with van der Waals surface area (Å²) in [4.78, 5) is 14.7. The Labute approximate surface area is 407 Å². The first kappa shape index (κ1) is 49.4. The number of fused-ring (bicyclic) bond motifs is 1. The fraction of sp³-hybridized carbons (Fsp3) is 0.167. The van der Waals surface area contributed by atoms with E-state index in [1.807, 2.05) is 152 Å². The van der Waals surface area contributed by atoms with E-state index in [0.29, 0.717) is 34.2 Å². The van der Waals surface area contributed by atoms with Crippen molar-refractivity contribution in [1.29, 1.82) is 0 Å². The van der Waals surface area contributed by atoms with Crippen LogP contribution in [0.3, 0.4) is 0 Å². The number of phosphoric ester groups is 1. The molecule has 0 unspecified atom stereocenters. The highest BCUT2D eigenvalue weighted by atomic mass is 31.2. The van der Waals surface area contributed by atoms with Crippen molar-refractivity contribution in [2.24, 2.45) is 0 Å². The molecule has 1 amide bonds. The molecule has 7 aromatic rings. The summed E-state index contributed by atoms with van der Waals surface area (Å²) in [6, 6.07) is 51.4. The molecule has 0 saturated carbocycles. The van der Waals surface area contributed by atoms with Crippen LogP contribution in [0.2, 0.25) is 0 Å². The van der Waals surface area contributed by atoms with Gasteiger partial charge in [0.05, 0.1) is 46.3 Å². The van der Waals surface area contributed by atoms with Gasteiger partial charge in [-0.1, -0.05) is 152 Å². The van der Waals surface area contributed by atoms with E-state index in [2.05, 4.69) is 10.4 Å². The quantitative estimate of drug-likeness (QED) is 0.0436. The highest BCUT2D eigenvalue weighted by molar-refractivity contribution is 7.51. The summed E-state index contributed by atoms with van der Waals surface area (Å²) in [6.07, 6.45) is 3.73. The Bertz CT molecular complexity index is 2830. The van der Waals surface area contributed by atoms with Crippen LogP contribution in [0.5, 0.6) is 28.7 Å². The van der Waals surface area contributed by atoms with Gasteiger partial charge in [-0.2, -0.15) is 0 Å². The number of nitrogens with one attached hydrogen (secondary N) is 2. The molecule has 0 spiro atoms. The largest absolute Gasteiger partial charge is 0.530 e. The summed E-state index contributed by atoms with van der Waals surface area (Å²) >= 11 is 0. The molecule has 0 aromatic heterocycles. The molecule has 2 N–H and O–H groups in total. The molecule has 0 bridgehead atoms. The van der Waals surface area contributed by atoms with E-state index >= 15 is 0 Å². The molecule has 7 aromatic carbocycles. The number of benzene rings is 7. The zero-order valence-electron chi connectivity index (χ0n) is 38.5. The Morgan fingerprint density at radius 2 is 1.09 bits per heavy atom. The molecule has 1 aliphatic heterocycles. The van der Waals surface area contributed by atoms with Gasteiger partial charge in [0, 0.05) is 0 Å². The van der Waals surface area contributed by atoms with Crippen LogP contribution in [-0.2, 0) is 64.9 Å². The molecule has 0 saturated heterocycles. The molecule has 70 heavy (non-hydrogen) atoms. The Kier molecular flexibility index (Phi) is 17.0. The fourth-order valence-electron chi connectivity index (χ4n) is 7.15. The molecular formula is C54H52N2O12P2. The van der Waals surface area contributed by atoms with E-state index < -0.39 is 27.5 Å². The first-order valence-corrected chi connectivity index (χ1v) is 25.3. The second kappa shape index (κ2) is 24.0. The molecule has 1 atom stereocenters. The van der Waals surface area contributed by atoms with Crippen LogP contribution in [-0.4, -0.2) is 33.0 Å². The maximum Gasteiger partial charge on any atom is 0.530 e. The highest BCUT2D eigenvalue weighted by Gasteiger charge is 2.34. The van der Waals surface area contributed by atoms with Crippen LogP contribution >= 0.6 is 15.6 Å². The summed E-state index contributed by atoms with van der Waals surface area (Å²) < 4.78 is 81.2. The van der Waals surface area contributed by atoms with Crippen LogP contribution in [0.1, 0.15) is 38.9 Å². The lowest BCUT2D eigenvalue weighted by Gasteiger charge is -2.26. The molecule has 0 radical (unpaired) electrons. The average molecular weight is 983 g/mol. The molecule has 8 rings (SSSR count). The van der Waals surface area contributed by atoms with Crippen LogP contribution in [0.25, 0.3) is 12.2 Å². The molecule has 360 valence electrons. The van der Waals surface area contributed by atoms with Crippen LogP contribution in [0.15, 0.2) is 176 Å². The number of amides is 1. The molecule has 1 heterocycles. The van der Waals surface area contributed by atoms with Crippen LogP contribution < -0.4 is 33.9 Å². The van der Waals surface area contributed by atoms with Crippen molar-refractivity contribution in [3.8, 4) is 28.7 Å². The van der Waals surface area contributed by atoms with Gasteiger partial charge in [0.15, 0.2) is 11.5 Å². The van der Waals surface area contributed by atoms with Crippen molar-refractivity contribution in [2.75, 3.05) is 26.3 Å². The standard InChI is InChI=1S/C54H52N2O12P2/c1-60-50-30-27-40(23-24-46-33-51(61-2)53-52(34-46)62-39-63-53)31-48(50)55-54(57)49(56-69(58,64-35-42-15-7-3-8-16-42)65-36-43-17-9-4-10-18-43)32-41-25-28-47(29-26-41)68-70(59,66-37-44-19-11-5-12-20-44)67-38-45-21-13-6-14-22-45/h3-31,33-34,49H,32,35-39H2,1-2H3,(H,55,57)(H,56,58)/t49-/m0/s1. The topological polar surface area (TPSA) is 158 Å². The number of methoxy groups -OCH3 is 2. The minimum absolute atomic E-state index is 0.0139. The SMILES string of the molecule is COc1ccc(C=Cc2cc(OC)c3c(c2)OCO3)cc1NC(=O)[C@H](Cc1ccc(OP(=O)(OCc2ccccc2)OCc2ccccc2)cc1)NP(=O)(OCc1ccccc1)OCc1ccccc1. The number of hydrogen-bond donors (Lipinski definition) is 2.